The van der Waals surface area contributed by atoms with Crippen molar-refractivity contribution >= 4 is 16.9 Å². The molecule has 1 aliphatic carbocycles. The molecule has 9 heteroatoms. The zero-order chi connectivity index (χ0) is 27.7. The van der Waals surface area contributed by atoms with Gasteiger partial charge in [0.15, 0.2) is 5.82 Å². The van der Waals surface area contributed by atoms with Crippen LogP contribution in [0.4, 0.5) is 10.2 Å². The lowest BCUT2D eigenvalue weighted by Gasteiger charge is -2.49. The van der Waals surface area contributed by atoms with Gasteiger partial charge >= 0.3 is 5.69 Å². The van der Waals surface area contributed by atoms with Crippen LogP contribution in [0.25, 0.3) is 11.0 Å². The van der Waals surface area contributed by atoms with Crippen molar-refractivity contribution in [2.75, 3.05) is 24.6 Å². The summed E-state index contributed by atoms with van der Waals surface area (Å²) in [6, 6.07) is 10.9. The van der Waals surface area contributed by atoms with Gasteiger partial charge in [-0.25, -0.2) is 14.2 Å². The second kappa shape index (κ2) is 11.3. The monoisotopic (exact) mass is 532 g/mol. The van der Waals surface area contributed by atoms with Gasteiger partial charge in [0, 0.05) is 49.9 Å². The first-order valence-electron chi connectivity index (χ1n) is 14.1. The average molecular weight is 533 g/mol. The molecule has 5 rings (SSSR count). The molecule has 0 amide bonds. The summed E-state index contributed by atoms with van der Waals surface area (Å²) in [5.41, 5.74) is 1.82. The van der Waals surface area contributed by atoms with Crippen LogP contribution >= 0.6 is 0 Å². The summed E-state index contributed by atoms with van der Waals surface area (Å²) in [4.78, 5) is 26.4. The Morgan fingerprint density at radius 1 is 1.10 bits per heavy atom. The summed E-state index contributed by atoms with van der Waals surface area (Å²) in [5.74, 6) is 1.50. The standard InChI is InChI=1S/C30H37FN6O2/c1-5-21-17-37(29-28-27(35(4)30(38)34-29)13-10-20(15-32)33-28)22(6-2)16-36(21)26(7-3)24-12-11-23(14-25(24)31)39-18-19-8-9-19/h10-14,19,21-22,26H,5-9,16-18H2,1-4H3/t21-,22+,26+/m1/s1. The fourth-order valence-electron chi connectivity index (χ4n) is 5.80. The maximum Gasteiger partial charge on any atom is 0.349 e. The van der Waals surface area contributed by atoms with Crippen LogP contribution in [0.5, 0.6) is 5.75 Å². The lowest BCUT2D eigenvalue weighted by atomic mass is 9.94. The van der Waals surface area contributed by atoms with Crippen LogP contribution in [0.2, 0.25) is 0 Å². The topological polar surface area (TPSA) is 87.3 Å². The lowest BCUT2D eigenvalue weighted by molar-refractivity contribution is 0.0876. The Balaban J connectivity index is 1.47. The Hall–Kier alpha value is -3.51. The number of piperazine rings is 1. The number of ether oxygens (including phenoxy) is 1. The predicted octanol–water partition coefficient (Wildman–Crippen LogP) is 4.96. The van der Waals surface area contributed by atoms with Gasteiger partial charge in [0.2, 0.25) is 0 Å². The van der Waals surface area contributed by atoms with Gasteiger partial charge in [-0.05, 0) is 56.2 Å². The van der Waals surface area contributed by atoms with E-state index in [1.165, 1.54) is 23.5 Å². The lowest BCUT2D eigenvalue weighted by Crippen LogP contribution is -2.59. The number of halogens is 1. The largest absolute Gasteiger partial charge is 0.493 e. The predicted molar refractivity (Wildman–Crippen MR) is 149 cm³/mol. The molecule has 3 aromatic rings. The van der Waals surface area contributed by atoms with Gasteiger partial charge in [0.05, 0.1) is 12.1 Å². The molecule has 3 heterocycles. The Labute approximate surface area is 229 Å². The average Bonchev–Trinajstić information content (AvgIpc) is 3.79. The number of rotatable bonds is 9. The minimum Gasteiger partial charge on any atom is -0.493 e. The molecule has 0 N–H and O–H groups in total. The van der Waals surface area contributed by atoms with Crippen LogP contribution < -0.4 is 15.3 Å². The molecule has 2 fully saturated rings. The third-order valence-corrected chi connectivity index (χ3v) is 8.30. The number of nitrogens with zero attached hydrogens (tertiary/aromatic N) is 6. The molecule has 0 unspecified atom stereocenters. The van der Waals surface area contributed by atoms with Gasteiger partial charge < -0.3 is 9.64 Å². The second-order valence-electron chi connectivity index (χ2n) is 10.8. The molecule has 0 radical (unpaired) electrons. The highest BCUT2D eigenvalue weighted by Crippen LogP contribution is 2.37. The molecule has 8 nitrogen and oxygen atoms in total. The van der Waals surface area contributed by atoms with Crippen LogP contribution in [-0.2, 0) is 7.05 Å². The smallest absolute Gasteiger partial charge is 0.349 e. The quantitative estimate of drug-likeness (QED) is 0.385. The van der Waals surface area contributed by atoms with Crippen molar-refractivity contribution in [1.82, 2.24) is 19.4 Å². The molecule has 2 aromatic heterocycles. The minimum absolute atomic E-state index is 0.0430. The highest BCUT2D eigenvalue weighted by molar-refractivity contribution is 5.86. The Morgan fingerprint density at radius 2 is 1.87 bits per heavy atom. The van der Waals surface area contributed by atoms with E-state index in [9.17, 15) is 10.1 Å². The molecular formula is C30H37FN6O2. The molecule has 39 heavy (non-hydrogen) atoms. The molecule has 1 saturated heterocycles. The van der Waals surface area contributed by atoms with Gasteiger partial charge in [0.25, 0.3) is 0 Å². The highest BCUT2D eigenvalue weighted by Gasteiger charge is 2.38. The fourth-order valence-corrected chi connectivity index (χ4v) is 5.80. The second-order valence-corrected chi connectivity index (χ2v) is 10.8. The first-order valence-corrected chi connectivity index (χ1v) is 14.1. The third kappa shape index (κ3) is 5.35. The molecule has 1 aromatic carbocycles. The number of anilines is 1. The van der Waals surface area contributed by atoms with Crippen molar-refractivity contribution < 1.29 is 9.13 Å². The summed E-state index contributed by atoms with van der Waals surface area (Å²) < 4.78 is 22.7. The molecule has 3 atom stereocenters. The van der Waals surface area contributed by atoms with Crippen molar-refractivity contribution in [3.63, 3.8) is 0 Å². The molecular weight excluding hydrogens is 495 g/mol. The summed E-state index contributed by atoms with van der Waals surface area (Å²) in [6.45, 7) is 8.34. The zero-order valence-corrected chi connectivity index (χ0v) is 23.2. The Bertz CT molecular complexity index is 1450. The van der Waals surface area contributed by atoms with Crippen molar-refractivity contribution in [2.24, 2.45) is 13.0 Å². The third-order valence-electron chi connectivity index (χ3n) is 8.30. The van der Waals surface area contributed by atoms with E-state index in [4.69, 9.17) is 4.74 Å². The van der Waals surface area contributed by atoms with Crippen LogP contribution in [0.3, 0.4) is 0 Å². The summed E-state index contributed by atoms with van der Waals surface area (Å²) in [7, 11) is 1.67. The molecule has 1 saturated carbocycles. The number of fused-ring (bicyclic) bond motifs is 1. The van der Waals surface area contributed by atoms with Crippen molar-refractivity contribution in [3.8, 4) is 11.8 Å². The maximum absolute atomic E-state index is 15.5. The van der Waals surface area contributed by atoms with Crippen molar-refractivity contribution in [3.05, 3.63) is 57.9 Å². The van der Waals surface area contributed by atoms with E-state index >= 15 is 4.39 Å². The summed E-state index contributed by atoms with van der Waals surface area (Å²) in [5, 5.41) is 9.47. The van der Waals surface area contributed by atoms with E-state index in [2.05, 4.69) is 46.6 Å². The van der Waals surface area contributed by atoms with Crippen molar-refractivity contribution in [2.45, 2.75) is 71.0 Å². The van der Waals surface area contributed by atoms with Gasteiger partial charge in [-0.15, -0.1) is 0 Å². The van der Waals surface area contributed by atoms with E-state index in [1.54, 1.807) is 19.2 Å². The van der Waals surface area contributed by atoms with Gasteiger partial charge in [0.1, 0.15) is 28.8 Å². The Kier molecular flexibility index (Phi) is 7.85. The molecule has 0 spiro atoms. The Morgan fingerprint density at radius 3 is 2.51 bits per heavy atom. The number of aromatic nitrogens is 3. The molecule has 206 valence electrons. The van der Waals surface area contributed by atoms with E-state index in [0.717, 1.165) is 19.3 Å². The van der Waals surface area contributed by atoms with Gasteiger partial charge in [-0.2, -0.15) is 10.2 Å². The fraction of sp³-hybridized carbons (Fsp3) is 0.533. The zero-order valence-electron chi connectivity index (χ0n) is 23.2. The number of hydrogen-bond donors (Lipinski definition) is 0. The van der Waals surface area contributed by atoms with Crippen LogP contribution in [-0.4, -0.2) is 51.2 Å². The van der Waals surface area contributed by atoms with E-state index in [-0.39, 0.29) is 35.3 Å². The maximum atomic E-state index is 15.5. The normalized spacial score (nSPS) is 20.7. The number of nitriles is 1. The summed E-state index contributed by atoms with van der Waals surface area (Å²) in [6.07, 6.45) is 4.83. The highest BCUT2D eigenvalue weighted by atomic mass is 19.1. The number of pyridine rings is 1. The SMILES string of the molecule is CC[C@H]1CN([C@@H](CC)c2ccc(OCC3CC3)cc2F)[C@H](CC)CN1c1nc(=O)n(C)c2ccc(C#N)nc12. The number of hydrogen-bond acceptors (Lipinski definition) is 7. The molecule has 1 aliphatic heterocycles. The van der Waals surface area contributed by atoms with E-state index in [0.29, 0.717) is 53.8 Å². The van der Waals surface area contributed by atoms with Gasteiger partial charge in [-0.1, -0.05) is 26.8 Å². The molecule has 0 bridgehead atoms. The first-order chi connectivity index (χ1) is 18.9. The minimum atomic E-state index is -0.355. The van der Waals surface area contributed by atoms with E-state index < -0.39 is 0 Å². The first kappa shape index (κ1) is 27.1. The number of benzene rings is 1. The van der Waals surface area contributed by atoms with Crippen LogP contribution in [0, 0.1) is 23.1 Å². The number of aryl methyl sites for hydroxylation is 1. The van der Waals surface area contributed by atoms with Gasteiger partial charge in [-0.3, -0.25) is 9.47 Å². The molecule has 2 aliphatic rings. The summed E-state index contributed by atoms with van der Waals surface area (Å²) >= 11 is 0. The van der Waals surface area contributed by atoms with Crippen LogP contribution in [0.15, 0.2) is 35.1 Å². The van der Waals surface area contributed by atoms with Crippen molar-refractivity contribution in [1.29, 1.82) is 5.26 Å². The van der Waals surface area contributed by atoms with Crippen LogP contribution in [0.1, 0.15) is 70.2 Å². The van der Waals surface area contributed by atoms with E-state index in [1.807, 2.05) is 12.1 Å².